The predicted molar refractivity (Wildman–Crippen MR) is 78.0 cm³/mol. The van der Waals surface area contributed by atoms with E-state index in [4.69, 9.17) is 0 Å². The summed E-state index contributed by atoms with van der Waals surface area (Å²) in [6.45, 7) is 11.0. The quantitative estimate of drug-likeness (QED) is 0.511. The first-order valence-electron chi connectivity index (χ1n) is 7.68. The molecule has 0 radical (unpaired) electrons. The third-order valence-electron chi connectivity index (χ3n) is 2.64. The predicted octanol–water partition coefficient (Wildman–Crippen LogP) is 6.59. The van der Waals surface area contributed by atoms with E-state index in [-0.39, 0.29) is 0 Å². The SMILES string of the molecule is C1CCCCC1.CCC.CCCCC(C)C. The molecule has 100 valence electrons. The van der Waals surface area contributed by atoms with Crippen LogP contribution < -0.4 is 0 Å². The topological polar surface area (TPSA) is 0 Å². The molecule has 0 spiro atoms. The van der Waals surface area contributed by atoms with E-state index in [0.717, 1.165) is 5.92 Å². The van der Waals surface area contributed by atoms with Gasteiger partial charge in [-0.1, -0.05) is 98.8 Å². The van der Waals surface area contributed by atoms with Crippen LogP contribution in [0.4, 0.5) is 0 Å². The van der Waals surface area contributed by atoms with E-state index in [1.165, 1.54) is 64.2 Å². The fourth-order valence-electron chi connectivity index (χ4n) is 1.67. The average Bonchev–Trinajstić information content (AvgIpc) is 2.30. The van der Waals surface area contributed by atoms with Gasteiger partial charge in [-0.25, -0.2) is 0 Å². The molecule has 1 fully saturated rings. The van der Waals surface area contributed by atoms with Gasteiger partial charge in [-0.15, -0.1) is 0 Å². The van der Waals surface area contributed by atoms with Gasteiger partial charge in [0.15, 0.2) is 0 Å². The first kappa shape index (κ1) is 18.4. The lowest BCUT2D eigenvalue weighted by atomic mass is 10.0. The fraction of sp³-hybridized carbons (Fsp3) is 1.00. The Bertz CT molecular complexity index is 78.7. The number of hydrogen-bond acceptors (Lipinski definition) is 0. The Kier molecular flexibility index (Phi) is 20.0. The lowest BCUT2D eigenvalue weighted by Crippen LogP contribution is -1.85. The van der Waals surface area contributed by atoms with Gasteiger partial charge >= 0.3 is 0 Å². The van der Waals surface area contributed by atoms with Crippen molar-refractivity contribution in [1.29, 1.82) is 0 Å². The van der Waals surface area contributed by atoms with Crippen molar-refractivity contribution in [1.82, 2.24) is 0 Å². The molecule has 0 aromatic heterocycles. The van der Waals surface area contributed by atoms with Gasteiger partial charge < -0.3 is 0 Å². The lowest BCUT2D eigenvalue weighted by molar-refractivity contribution is 0.504. The van der Waals surface area contributed by atoms with Crippen molar-refractivity contribution in [3.8, 4) is 0 Å². The number of unbranched alkanes of at least 4 members (excludes halogenated alkanes) is 1. The van der Waals surface area contributed by atoms with Crippen LogP contribution in [0.15, 0.2) is 0 Å². The molecule has 0 nitrogen and oxygen atoms in total. The highest BCUT2D eigenvalue weighted by molar-refractivity contribution is 4.51. The van der Waals surface area contributed by atoms with Crippen LogP contribution >= 0.6 is 0 Å². The van der Waals surface area contributed by atoms with Crippen LogP contribution in [0, 0.1) is 5.92 Å². The van der Waals surface area contributed by atoms with E-state index in [9.17, 15) is 0 Å². The maximum absolute atomic E-state index is 2.27. The van der Waals surface area contributed by atoms with Crippen molar-refractivity contribution in [3.63, 3.8) is 0 Å². The highest BCUT2D eigenvalue weighted by atomic mass is 14.0. The van der Waals surface area contributed by atoms with E-state index in [1.807, 2.05) is 0 Å². The summed E-state index contributed by atoms with van der Waals surface area (Å²) in [4.78, 5) is 0. The Balaban J connectivity index is 0. The molecule has 0 saturated heterocycles. The maximum Gasteiger partial charge on any atom is -0.0471 e. The maximum atomic E-state index is 2.27. The second-order valence-electron chi connectivity index (χ2n) is 5.36. The van der Waals surface area contributed by atoms with Crippen molar-refractivity contribution < 1.29 is 0 Å². The summed E-state index contributed by atoms with van der Waals surface area (Å²) in [5, 5.41) is 0. The van der Waals surface area contributed by atoms with Crippen molar-refractivity contribution in [3.05, 3.63) is 0 Å². The second kappa shape index (κ2) is 17.4. The first-order valence-corrected chi connectivity index (χ1v) is 7.68. The van der Waals surface area contributed by atoms with Gasteiger partial charge in [0.25, 0.3) is 0 Å². The minimum Gasteiger partial charge on any atom is -0.0656 e. The number of hydrogen-bond donors (Lipinski definition) is 0. The van der Waals surface area contributed by atoms with E-state index in [1.54, 1.807) is 0 Å². The minimum atomic E-state index is 0.903. The van der Waals surface area contributed by atoms with Crippen LogP contribution in [0.3, 0.4) is 0 Å². The van der Waals surface area contributed by atoms with E-state index >= 15 is 0 Å². The zero-order chi connectivity index (χ0) is 12.6. The zero-order valence-corrected chi connectivity index (χ0v) is 12.6. The molecule has 0 heterocycles. The molecular weight excluding hydrogens is 192 g/mol. The highest BCUT2D eigenvalue weighted by Gasteiger charge is 1.95. The van der Waals surface area contributed by atoms with Crippen LogP contribution in [0.2, 0.25) is 0 Å². The molecule has 0 aliphatic heterocycles. The van der Waals surface area contributed by atoms with Gasteiger partial charge in [-0.2, -0.15) is 0 Å². The Labute approximate surface area is 105 Å². The van der Waals surface area contributed by atoms with Crippen LogP contribution in [0.5, 0.6) is 0 Å². The van der Waals surface area contributed by atoms with Gasteiger partial charge in [0.05, 0.1) is 0 Å². The molecule has 0 N–H and O–H groups in total. The minimum absolute atomic E-state index is 0.903. The molecular formula is C16H36. The molecule has 1 aliphatic rings. The monoisotopic (exact) mass is 228 g/mol. The van der Waals surface area contributed by atoms with Gasteiger partial charge in [0, 0.05) is 0 Å². The molecule has 0 unspecified atom stereocenters. The largest absolute Gasteiger partial charge is 0.0656 e. The fourth-order valence-corrected chi connectivity index (χ4v) is 1.67. The first-order chi connectivity index (χ1) is 7.68. The zero-order valence-electron chi connectivity index (χ0n) is 12.6. The molecule has 1 saturated carbocycles. The van der Waals surface area contributed by atoms with Crippen LogP contribution in [-0.2, 0) is 0 Å². The third-order valence-corrected chi connectivity index (χ3v) is 2.64. The van der Waals surface area contributed by atoms with Crippen molar-refractivity contribution in [2.75, 3.05) is 0 Å². The van der Waals surface area contributed by atoms with E-state index in [2.05, 4.69) is 34.6 Å². The molecule has 1 rings (SSSR count). The van der Waals surface area contributed by atoms with Gasteiger partial charge in [0.1, 0.15) is 0 Å². The molecule has 0 aromatic carbocycles. The smallest absolute Gasteiger partial charge is 0.0471 e. The Hall–Kier alpha value is 0. The summed E-state index contributed by atoms with van der Waals surface area (Å²) < 4.78 is 0. The van der Waals surface area contributed by atoms with Crippen molar-refractivity contribution >= 4 is 0 Å². The lowest BCUT2D eigenvalue weighted by Gasteiger charge is -2.05. The summed E-state index contributed by atoms with van der Waals surface area (Å²) in [5.41, 5.74) is 0. The second-order valence-corrected chi connectivity index (χ2v) is 5.36. The molecule has 0 aromatic rings. The average molecular weight is 228 g/mol. The summed E-state index contributed by atoms with van der Waals surface area (Å²) in [5.74, 6) is 0.903. The van der Waals surface area contributed by atoms with E-state index < -0.39 is 0 Å². The molecule has 0 amide bonds. The van der Waals surface area contributed by atoms with Crippen LogP contribution in [0.25, 0.3) is 0 Å². The van der Waals surface area contributed by atoms with Gasteiger partial charge in [0.2, 0.25) is 0 Å². The van der Waals surface area contributed by atoms with Crippen LogP contribution in [-0.4, -0.2) is 0 Å². The Morgan fingerprint density at radius 3 is 1.19 bits per heavy atom. The number of rotatable bonds is 3. The van der Waals surface area contributed by atoms with Crippen LogP contribution in [0.1, 0.15) is 98.8 Å². The molecule has 0 heteroatoms. The van der Waals surface area contributed by atoms with Gasteiger partial charge in [-0.3, -0.25) is 0 Å². The molecule has 0 bridgehead atoms. The third kappa shape index (κ3) is 23.7. The molecule has 0 atom stereocenters. The molecule has 16 heavy (non-hydrogen) atoms. The van der Waals surface area contributed by atoms with Crippen molar-refractivity contribution in [2.45, 2.75) is 98.8 Å². The Morgan fingerprint density at radius 2 is 1.06 bits per heavy atom. The van der Waals surface area contributed by atoms with Crippen molar-refractivity contribution in [2.24, 2.45) is 5.92 Å². The highest BCUT2D eigenvalue weighted by Crippen LogP contribution is 2.15. The molecule has 1 aliphatic carbocycles. The summed E-state index contributed by atoms with van der Waals surface area (Å²) in [6, 6.07) is 0. The normalized spacial score (nSPS) is 14.6. The summed E-state index contributed by atoms with van der Waals surface area (Å²) >= 11 is 0. The summed E-state index contributed by atoms with van der Waals surface area (Å²) in [6.07, 6.45) is 14.4. The van der Waals surface area contributed by atoms with E-state index in [0.29, 0.717) is 0 Å². The van der Waals surface area contributed by atoms with Gasteiger partial charge in [-0.05, 0) is 5.92 Å². The summed E-state index contributed by atoms with van der Waals surface area (Å²) in [7, 11) is 0. The Morgan fingerprint density at radius 1 is 0.750 bits per heavy atom. The standard InChI is InChI=1S/C7H16.C6H12.C3H8/c1-4-5-6-7(2)3;1-2-4-6-5-3-1;1-3-2/h7H,4-6H2,1-3H3;1-6H2;3H2,1-2H3.